The van der Waals surface area contributed by atoms with Crippen molar-refractivity contribution in [3.63, 3.8) is 0 Å². The number of hydrogen-bond acceptors (Lipinski definition) is 4. The number of pyridine rings is 1. The van der Waals surface area contributed by atoms with Gasteiger partial charge in [0.05, 0.1) is 34.9 Å². The number of anilines is 4. The molecule has 13 aromatic rings. The molecule has 0 bridgehead atoms. The molecule has 0 amide bonds. The van der Waals surface area contributed by atoms with Gasteiger partial charge in [-0.1, -0.05) is 254 Å². The Hall–Kier alpha value is -10.0. The molecule has 2 aliphatic rings. The normalized spacial score (nSPS) is 14.3. The van der Waals surface area contributed by atoms with Crippen LogP contribution in [0.3, 0.4) is 0 Å². The minimum absolute atomic E-state index is 0.0211. The van der Waals surface area contributed by atoms with Gasteiger partial charge < -0.3 is 14.5 Å². The summed E-state index contributed by atoms with van der Waals surface area (Å²) < 4.78 is 53.4. The van der Waals surface area contributed by atoms with E-state index in [1.54, 1.807) is 6.20 Å². The average Bonchev–Trinajstić information content (AvgIpc) is 1.52. The molecule has 0 radical (unpaired) electrons. The Morgan fingerprint density at radius 3 is 1.76 bits per heavy atom. The molecule has 4 heterocycles. The first-order chi connectivity index (χ1) is 44.0. The summed E-state index contributed by atoms with van der Waals surface area (Å²) in [5, 5.41) is 7.37. The third kappa shape index (κ3) is 8.69. The maximum atomic E-state index is 9.12. The van der Waals surface area contributed by atoms with E-state index in [0.717, 1.165) is 72.4 Å². The van der Waals surface area contributed by atoms with Crippen LogP contribution in [0.1, 0.15) is 59.5 Å². The van der Waals surface area contributed by atoms with E-state index in [0.29, 0.717) is 29.5 Å². The fourth-order valence-electron chi connectivity index (χ4n) is 13.7. The maximum Gasteiger partial charge on any atom is 0.181 e. The minimum Gasteiger partial charge on any atom is -0.457 e. The molecule has 86 heavy (non-hydrogen) atoms. The van der Waals surface area contributed by atoms with Crippen LogP contribution in [0.2, 0.25) is 0 Å². The monoisotopic (exact) mass is 1130 g/mol. The van der Waals surface area contributed by atoms with Crippen LogP contribution in [-0.4, -0.2) is 24.3 Å². The highest BCUT2D eigenvalue weighted by atomic mass is 28.3. The summed E-state index contributed by atoms with van der Waals surface area (Å²) >= 11 is 0. The lowest BCUT2D eigenvalue weighted by molar-refractivity contribution is 0.483. The third-order valence-corrected chi connectivity index (χ3v) is 22.5. The van der Waals surface area contributed by atoms with Gasteiger partial charge >= 0.3 is 0 Å². The Balaban J connectivity index is 0.899. The molecule has 0 saturated heterocycles. The van der Waals surface area contributed by atoms with Crippen molar-refractivity contribution >= 4 is 73.4 Å². The van der Waals surface area contributed by atoms with Crippen LogP contribution in [0.4, 0.5) is 22.7 Å². The van der Waals surface area contributed by atoms with Crippen molar-refractivity contribution in [2.45, 2.75) is 52.4 Å². The van der Waals surface area contributed by atoms with Gasteiger partial charge in [-0.3, -0.25) is 4.57 Å². The number of nitrogens with zero attached hydrogens (tertiary/aromatic N) is 4. The van der Waals surface area contributed by atoms with E-state index in [-0.39, 0.29) is 35.1 Å². The van der Waals surface area contributed by atoms with E-state index < -0.39 is 19.5 Å². The van der Waals surface area contributed by atoms with Crippen molar-refractivity contribution < 1.29 is 11.6 Å². The van der Waals surface area contributed by atoms with Crippen molar-refractivity contribution in [3.05, 3.63) is 290 Å². The molecule has 5 nitrogen and oxygen atoms in total. The Labute approximate surface area is 512 Å². The van der Waals surface area contributed by atoms with E-state index in [9.17, 15) is 0 Å². The molecule has 15 rings (SSSR count). The zero-order valence-electron chi connectivity index (χ0n) is 54.1. The number of para-hydroxylation sites is 3. The number of hydrogen-bond donors (Lipinski definition) is 0. The molecule has 2 aromatic heterocycles. The highest BCUT2D eigenvalue weighted by Crippen LogP contribution is 2.51. The molecule has 416 valence electrons. The van der Waals surface area contributed by atoms with E-state index in [4.69, 9.17) is 16.6 Å². The molecule has 0 atom stereocenters. The van der Waals surface area contributed by atoms with Crippen LogP contribution in [0.25, 0.3) is 72.1 Å². The van der Waals surface area contributed by atoms with Gasteiger partial charge in [-0.25, -0.2) is 4.98 Å². The van der Waals surface area contributed by atoms with Crippen LogP contribution < -0.4 is 35.3 Å². The first-order valence-electron chi connectivity index (χ1n) is 32.1. The molecule has 2 aliphatic heterocycles. The summed E-state index contributed by atoms with van der Waals surface area (Å²) in [5.74, 6) is 1.93. The van der Waals surface area contributed by atoms with Gasteiger partial charge in [0.2, 0.25) is 0 Å². The lowest BCUT2D eigenvalue weighted by Gasteiger charge is -2.32. The van der Waals surface area contributed by atoms with Crippen molar-refractivity contribution in [1.82, 2.24) is 9.55 Å². The second-order valence-corrected chi connectivity index (χ2v) is 28.4. The standard InChI is InChI=1S/C80H66N4OSi/c1-79(2,3)57-43-41-56(42-44-57)64-37-24-36-63(54-25-11-7-12-26-54)77(64)83-53-82(70-38-20-21-39-71(70)83)58-29-23-30-59(49-58)85-60-45-46-67-73(50-60)84(75-51-69(80(4,5)6)68(52-81-75)55-27-13-8-14-28-55)72-48-47-66-65-35-19-22-40-74(65)86(78(66)76(67)72,61-31-15-9-16-32-61)62-33-17-10-18-34-62/h7-52H,53H2,1-6H3/i8D,13D,14D,27D,28D. The molecule has 0 saturated carbocycles. The fraction of sp³-hybridized carbons (Fsp3) is 0.113. The van der Waals surface area contributed by atoms with Gasteiger partial charge in [0.25, 0.3) is 0 Å². The molecule has 6 heteroatoms. The minimum atomic E-state index is -3.08. The number of rotatable bonds is 10. The first kappa shape index (κ1) is 47.4. The molecule has 0 N–H and O–H groups in total. The predicted molar refractivity (Wildman–Crippen MR) is 363 cm³/mol. The van der Waals surface area contributed by atoms with Gasteiger partial charge in [-0.15, -0.1) is 0 Å². The van der Waals surface area contributed by atoms with Crippen molar-refractivity contribution in [3.8, 4) is 61.8 Å². The Morgan fingerprint density at radius 1 is 0.465 bits per heavy atom. The lowest BCUT2D eigenvalue weighted by Crippen LogP contribution is -2.72. The number of ether oxygens (including phenoxy) is 1. The molecule has 0 spiro atoms. The van der Waals surface area contributed by atoms with Crippen LogP contribution in [0.15, 0.2) is 279 Å². The molecule has 0 aliphatic carbocycles. The number of aromatic nitrogens is 2. The van der Waals surface area contributed by atoms with Crippen LogP contribution >= 0.6 is 0 Å². The molecule has 0 unspecified atom stereocenters. The molecule has 0 fully saturated rings. The second-order valence-electron chi connectivity index (χ2n) is 24.7. The maximum absolute atomic E-state index is 9.12. The zero-order valence-corrected chi connectivity index (χ0v) is 50.1. The Morgan fingerprint density at radius 2 is 1.07 bits per heavy atom. The fourth-order valence-corrected chi connectivity index (χ4v) is 19.1. The SMILES string of the molecule is [2H]c1c([2H])c([2H])c(-c2cnc(-n3c4cc(Oc5cccc(N6CN(c7c(-c8ccccc8)cccc7-c7ccc(C(C)(C)C)cc7)c7ccccc76)c5)ccc4c4c5c(ccc43)-c3ccccc3[Si]5(c3ccccc3)c3ccccc3)cc2C(C)(C)C)c([2H])c1[2H]. The number of benzene rings is 11. The molecule has 11 aromatic carbocycles. The second kappa shape index (κ2) is 20.7. The third-order valence-electron chi connectivity index (χ3n) is 17.6. The van der Waals surface area contributed by atoms with Crippen LogP contribution in [-0.2, 0) is 10.8 Å². The highest BCUT2D eigenvalue weighted by molar-refractivity contribution is 7.23. The van der Waals surface area contributed by atoms with Gasteiger partial charge in [-0.2, -0.15) is 0 Å². The largest absolute Gasteiger partial charge is 0.457 e. The van der Waals surface area contributed by atoms with Gasteiger partial charge in [0, 0.05) is 51.5 Å². The average molecular weight is 1130 g/mol. The van der Waals surface area contributed by atoms with Crippen molar-refractivity contribution in [1.29, 1.82) is 0 Å². The summed E-state index contributed by atoms with van der Waals surface area (Å²) in [5.41, 5.74) is 15.3. The highest BCUT2D eigenvalue weighted by Gasteiger charge is 2.50. The van der Waals surface area contributed by atoms with E-state index in [1.165, 1.54) is 37.4 Å². The molecular formula is C80H66N4OSi. The lowest BCUT2D eigenvalue weighted by atomic mass is 9.82. The van der Waals surface area contributed by atoms with Crippen LogP contribution in [0, 0.1) is 0 Å². The quantitative estimate of drug-likeness (QED) is 0.128. The van der Waals surface area contributed by atoms with E-state index in [2.05, 4.69) is 286 Å². The van der Waals surface area contributed by atoms with Crippen molar-refractivity contribution in [2.75, 3.05) is 16.5 Å². The summed E-state index contributed by atoms with van der Waals surface area (Å²) in [7, 11) is -3.08. The van der Waals surface area contributed by atoms with E-state index >= 15 is 0 Å². The Bertz CT molecular complexity index is 4970. The zero-order chi connectivity index (χ0) is 62.7. The van der Waals surface area contributed by atoms with Crippen molar-refractivity contribution in [2.24, 2.45) is 0 Å². The first-order valence-corrected chi connectivity index (χ1v) is 31.6. The molecular weight excluding hydrogens is 1060 g/mol. The summed E-state index contributed by atoms with van der Waals surface area (Å²) in [6, 6.07) is 85.8. The van der Waals surface area contributed by atoms with Gasteiger partial charge in [-0.05, 0) is 119 Å². The summed E-state index contributed by atoms with van der Waals surface area (Å²) in [4.78, 5) is 10.1. The summed E-state index contributed by atoms with van der Waals surface area (Å²) in [6.45, 7) is 13.6. The van der Waals surface area contributed by atoms with Gasteiger partial charge in [0.1, 0.15) is 24.0 Å². The van der Waals surface area contributed by atoms with Crippen LogP contribution in [0.5, 0.6) is 11.5 Å². The topological polar surface area (TPSA) is 33.5 Å². The Kier molecular flexibility index (Phi) is 11.4. The smallest absolute Gasteiger partial charge is 0.181 e. The summed E-state index contributed by atoms with van der Waals surface area (Å²) in [6.07, 6.45) is 1.70. The van der Waals surface area contributed by atoms with Gasteiger partial charge in [0.15, 0.2) is 8.07 Å². The van der Waals surface area contributed by atoms with E-state index in [1.807, 2.05) is 12.1 Å². The predicted octanol–water partition coefficient (Wildman–Crippen LogP) is 18.2. The number of fused-ring (bicyclic) bond motifs is 8.